The van der Waals surface area contributed by atoms with Crippen LogP contribution in [0, 0.1) is 0 Å². The average Bonchev–Trinajstić information content (AvgIpc) is 3.16. The third kappa shape index (κ3) is 3.14. The lowest BCUT2D eigenvalue weighted by molar-refractivity contribution is -0.0450. The second kappa shape index (κ2) is 6.76. The fourth-order valence-electron chi connectivity index (χ4n) is 3.95. The van der Waals surface area contributed by atoms with Crippen LogP contribution in [0.15, 0.2) is 54.0 Å². The Bertz CT molecular complexity index is 1330. The van der Waals surface area contributed by atoms with Gasteiger partial charge in [-0.25, -0.2) is 13.9 Å². The maximum Gasteiger partial charge on any atom is 0.272 e. The van der Waals surface area contributed by atoms with Crippen LogP contribution in [0.5, 0.6) is 0 Å². The molecule has 0 unspecified atom stereocenters. The number of H-pyrrole nitrogens is 2. The first kappa shape index (κ1) is 18.5. The Morgan fingerprint density at radius 2 is 1.83 bits per heavy atom. The molecular weight excluding hydrogens is 388 g/mol. The van der Waals surface area contributed by atoms with E-state index >= 15 is 0 Å². The van der Waals surface area contributed by atoms with Crippen LogP contribution in [0.3, 0.4) is 0 Å². The molecule has 1 aliphatic rings. The largest absolute Gasteiger partial charge is 0.371 e. The fourth-order valence-corrected chi connectivity index (χ4v) is 3.95. The topological polar surface area (TPSA) is 77.7 Å². The number of benzene rings is 2. The van der Waals surface area contributed by atoms with E-state index in [0.717, 1.165) is 38.8 Å². The number of halogens is 2. The third-order valence-corrected chi connectivity index (χ3v) is 5.71. The summed E-state index contributed by atoms with van der Waals surface area (Å²) in [6.07, 6.45) is 1.31. The number of nitrogens with one attached hydrogen (secondary N) is 2. The van der Waals surface area contributed by atoms with Crippen LogP contribution in [0.1, 0.15) is 18.4 Å². The minimum Gasteiger partial charge on any atom is -0.371 e. The molecule has 1 aliphatic heterocycles. The number of nitrogens with zero attached hydrogens (tertiary/aromatic N) is 3. The molecular formula is C22H19F2N5O. The van der Waals surface area contributed by atoms with Gasteiger partial charge in [0.25, 0.3) is 11.5 Å². The standard InChI is InChI=1S/C22H19F2N5O/c1-13(29-8-6-22(23,24)7-9-29)14-2-5-18-19(11-14)26-27-20(18)15-3-4-17-16(10-15)12-25-28-21(17)30/h2-5,10-12H,1,6-9H2,(H,26,27)(H,28,30). The first-order valence-corrected chi connectivity index (χ1v) is 9.69. The molecule has 0 atom stereocenters. The molecule has 1 fully saturated rings. The van der Waals surface area contributed by atoms with Crippen molar-refractivity contribution >= 4 is 27.4 Å². The van der Waals surface area contributed by atoms with Gasteiger partial charge in [-0.3, -0.25) is 9.89 Å². The highest BCUT2D eigenvalue weighted by Crippen LogP contribution is 2.33. The molecule has 2 aromatic carbocycles. The number of fused-ring (bicyclic) bond motifs is 2. The summed E-state index contributed by atoms with van der Waals surface area (Å²) < 4.78 is 26.9. The second-order valence-electron chi connectivity index (χ2n) is 7.62. The molecule has 2 N–H and O–H groups in total. The van der Waals surface area contributed by atoms with Gasteiger partial charge in [0.05, 0.1) is 22.8 Å². The van der Waals surface area contributed by atoms with Crippen molar-refractivity contribution in [2.24, 2.45) is 0 Å². The number of piperidine rings is 1. The van der Waals surface area contributed by atoms with E-state index in [4.69, 9.17) is 0 Å². The highest BCUT2D eigenvalue weighted by atomic mass is 19.3. The van der Waals surface area contributed by atoms with Gasteiger partial charge in [-0.1, -0.05) is 18.7 Å². The number of hydrogen-bond donors (Lipinski definition) is 2. The molecule has 152 valence electrons. The van der Waals surface area contributed by atoms with Gasteiger partial charge in [0.15, 0.2) is 0 Å². The molecule has 0 saturated carbocycles. The number of aromatic nitrogens is 4. The summed E-state index contributed by atoms with van der Waals surface area (Å²) in [6.45, 7) is 4.71. The van der Waals surface area contributed by atoms with E-state index < -0.39 is 5.92 Å². The molecule has 0 radical (unpaired) electrons. The summed E-state index contributed by atoms with van der Waals surface area (Å²) in [5, 5.41) is 16.0. The summed E-state index contributed by atoms with van der Waals surface area (Å²) >= 11 is 0. The van der Waals surface area contributed by atoms with Crippen LogP contribution in [0.25, 0.3) is 38.6 Å². The van der Waals surface area contributed by atoms with Gasteiger partial charge in [-0.2, -0.15) is 10.2 Å². The van der Waals surface area contributed by atoms with Gasteiger partial charge >= 0.3 is 0 Å². The Morgan fingerprint density at radius 1 is 1.07 bits per heavy atom. The van der Waals surface area contributed by atoms with Crippen molar-refractivity contribution in [1.82, 2.24) is 25.3 Å². The lowest BCUT2D eigenvalue weighted by Crippen LogP contribution is -2.38. The van der Waals surface area contributed by atoms with Crippen molar-refractivity contribution in [3.8, 4) is 11.3 Å². The SMILES string of the molecule is C=C(c1ccc2c(-c3ccc4c(=O)[nH]ncc4c3)n[nH]c2c1)N1CCC(F)(F)CC1. The molecule has 30 heavy (non-hydrogen) atoms. The molecule has 0 aliphatic carbocycles. The molecule has 0 bridgehead atoms. The van der Waals surface area contributed by atoms with E-state index in [1.807, 2.05) is 35.2 Å². The van der Waals surface area contributed by atoms with E-state index in [1.54, 1.807) is 12.3 Å². The Hall–Kier alpha value is -3.55. The van der Waals surface area contributed by atoms with Crippen LogP contribution in [-0.2, 0) is 0 Å². The van der Waals surface area contributed by atoms with E-state index in [-0.39, 0.29) is 18.4 Å². The minimum absolute atomic E-state index is 0.151. The zero-order chi connectivity index (χ0) is 20.9. The quantitative estimate of drug-likeness (QED) is 0.534. The highest BCUT2D eigenvalue weighted by Gasteiger charge is 2.34. The first-order valence-electron chi connectivity index (χ1n) is 9.69. The Kier molecular flexibility index (Phi) is 4.16. The average molecular weight is 407 g/mol. The van der Waals surface area contributed by atoms with Crippen molar-refractivity contribution in [2.75, 3.05) is 13.1 Å². The minimum atomic E-state index is -2.58. The van der Waals surface area contributed by atoms with Gasteiger partial charge in [-0.05, 0) is 29.8 Å². The molecule has 2 aromatic heterocycles. The van der Waals surface area contributed by atoms with Crippen molar-refractivity contribution in [2.45, 2.75) is 18.8 Å². The van der Waals surface area contributed by atoms with Crippen molar-refractivity contribution < 1.29 is 8.78 Å². The summed E-state index contributed by atoms with van der Waals surface area (Å²) in [5.41, 5.74) is 3.84. The monoisotopic (exact) mass is 407 g/mol. The van der Waals surface area contributed by atoms with Gasteiger partial charge in [-0.15, -0.1) is 0 Å². The van der Waals surface area contributed by atoms with Gasteiger partial charge in [0, 0.05) is 48.0 Å². The van der Waals surface area contributed by atoms with Gasteiger partial charge < -0.3 is 4.90 Å². The zero-order valence-corrected chi connectivity index (χ0v) is 16.1. The predicted molar refractivity (Wildman–Crippen MR) is 112 cm³/mol. The zero-order valence-electron chi connectivity index (χ0n) is 16.1. The number of alkyl halides is 2. The molecule has 3 heterocycles. The Labute approximate surface area is 170 Å². The molecule has 1 saturated heterocycles. The van der Waals surface area contributed by atoms with Crippen LogP contribution < -0.4 is 5.56 Å². The first-order chi connectivity index (χ1) is 14.4. The lowest BCUT2D eigenvalue weighted by atomic mass is 10.0. The van der Waals surface area contributed by atoms with E-state index in [9.17, 15) is 13.6 Å². The number of hydrogen-bond acceptors (Lipinski definition) is 4. The smallest absolute Gasteiger partial charge is 0.272 e. The summed E-state index contributed by atoms with van der Waals surface area (Å²) in [5.74, 6) is -2.58. The number of likely N-dealkylation sites (tertiary alicyclic amines) is 1. The normalized spacial score (nSPS) is 16.3. The van der Waals surface area contributed by atoms with E-state index in [2.05, 4.69) is 27.0 Å². The maximum absolute atomic E-state index is 13.4. The molecule has 5 rings (SSSR count). The van der Waals surface area contributed by atoms with Gasteiger partial charge in [0.1, 0.15) is 0 Å². The molecule has 4 aromatic rings. The molecule has 8 heteroatoms. The maximum atomic E-state index is 13.4. The van der Waals surface area contributed by atoms with Crippen LogP contribution in [0.2, 0.25) is 0 Å². The van der Waals surface area contributed by atoms with Crippen molar-refractivity contribution in [3.05, 3.63) is 65.1 Å². The number of aromatic amines is 2. The fraction of sp³-hybridized carbons (Fsp3) is 0.227. The second-order valence-corrected chi connectivity index (χ2v) is 7.62. The third-order valence-electron chi connectivity index (χ3n) is 5.71. The van der Waals surface area contributed by atoms with Crippen LogP contribution >= 0.6 is 0 Å². The van der Waals surface area contributed by atoms with Crippen LogP contribution in [0.4, 0.5) is 8.78 Å². The summed E-state index contributed by atoms with van der Waals surface area (Å²) in [7, 11) is 0. The molecule has 6 nitrogen and oxygen atoms in total. The molecule has 0 amide bonds. The molecule has 0 spiro atoms. The van der Waals surface area contributed by atoms with E-state index in [1.165, 1.54) is 0 Å². The lowest BCUT2D eigenvalue weighted by Gasteiger charge is -2.34. The van der Waals surface area contributed by atoms with Crippen LogP contribution in [-0.4, -0.2) is 44.3 Å². The van der Waals surface area contributed by atoms with Crippen molar-refractivity contribution in [3.63, 3.8) is 0 Å². The summed E-state index contributed by atoms with van der Waals surface area (Å²) in [6, 6.07) is 11.3. The van der Waals surface area contributed by atoms with E-state index in [0.29, 0.717) is 18.5 Å². The highest BCUT2D eigenvalue weighted by molar-refractivity contribution is 5.96. The summed E-state index contributed by atoms with van der Waals surface area (Å²) in [4.78, 5) is 13.8. The number of rotatable bonds is 3. The van der Waals surface area contributed by atoms with Crippen molar-refractivity contribution in [1.29, 1.82) is 0 Å². The Morgan fingerprint density at radius 3 is 2.63 bits per heavy atom. The Balaban J connectivity index is 1.47. The van der Waals surface area contributed by atoms with Gasteiger partial charge in [0.2, 0.25) is 0 Å². The predicted octanol–water partition coefficient (Wildman–Crippen LogP) is 4.17.